The normalized spacial score (nSPS) is 16.0. The van der Waals surface area contributed by atoms with Gasteiger partial charge in [-0.25, -0.2) is 4.98 Å². The number of nitrogens with zero attached hydrogens (tertiary/aromatic N) is 2. The van der Waals surface area contributed by atoms with Gasteiger partial charge in [-0.15, -0.1) is 0 Å². The van der Waals surface area contributed by atoms with Crippen LogP contribution >= 0.6 is 0 Å². The van der Waals surface area contributed by atoms with Crippen LogP contribution in [0.15, 0.2) is 36.5 Å². The number of benzene rings is 1. The van der Waals surface area contributed by atoms with Crippen molar-refractivity contribution in [1.29, 1.82) is 0 Å². The maximum Gasteiger partial charge on any atom is 0.416 e. The van der Waals surface area contributed by atoms with Crippen LogP contribution in [0.5, 0.6) is 0 Å². The molecular weight excluding hydrogens is 317 g/mol. The summed E-state index contributed by atoms with van der Waals surface area (Å²) >= 11 is 0. The molecule has 0 bridgehead atoms. The highest BCUT2D eigenvalue weighted by atomic mass is 19.4. The molecule has 1 aromatic carbocycles. The third-order valence-corrected chi connectivity index (χ3v) is 4.08. The van der Waals surface area contributed by atoms with E-state index >= 15 is 0 Å². The van der Waals surface area contributed by atoms with Crippen LogP contribution in [0.2, 0.25) is 0 Å². The van der Waals surface area contributed by atoms with Crippen molar-refractivity contribution in [2.45, 2.75) is 44.3 Å². The molecule has 24 heavy (non-hydrogen) atoms. The molecule has 3 rings (SSSR count). The first-order valence-electron chi connectivity index (χ1n) is 8.04. The van der Waals surface area contributed by atoms with Gasteiger partial charge in [-0.3, -0.25) is 0 Å². The summed E-state index contributed by atoms with van der Waals surface area (Å²) < 4.78 is 37.7. The lowest BCUT2D eigenvalue weighted by atomic mass is 9.95. The zero-order valence-corrected chi connectivity index (χ0v) is 13.1. The Labute approximate surface area is 138 Å². The van der Waals surface area contributed by atoms with E-state index in [2.05, 4.69) is 20.6 Å². The molecule has 0 unspecified atom stereocenters. The van der Waals surface area contributed by atoms with Crippen LogP contribution in [0.3, 0.4) is 0 Å². The Morgan fingerprint density at radius 1 is 0.958 bits per heavy atom. The second-order valence-electron chi connectivity index (χ2n) is 5.94. The second-order valence-corrected chi connectivity index (χ2v) is 5.94. The number of aromatic nitrogens is 2. The van der Waals surface area contributed by atoms with E-state index in [1.54, 1.807) is 12.3 Å². The summed E-state index contributed by atoms with van der Waals surface area (Å²) in [5.41, 5.74) is -0.167. The van der Waals surface area contributed by atoms with E-state index in [0.717, 1.165) is 30.8 Å². The van der Waals surface area contributed by atoms with Crippen LogP contribution in [-0.2, 0) is 6.18 Å². The number of nitrogens with one attached hydrogen (secondary N) is 2. The first kappa shape index (κ1) is 16.5. The van der Waals surface area contributed by atoms with Crippen molar-refractivity contribution in [1.82, 2.24) is 9.97 Å². The molecule has 2 N–H and O–H groups in total. The molecule has 0 radical (unpaired) electrons. The van der Waals surface area contributed by atoms with E-state index in [9.17, 15) is 13.2 Å². The highest BCUT2D eigenvalue weighted by Gasteiger charge is 2.29. The van der Waals surface area contributed by atoms with Gasteiger partial charge in [-0.1, -0.05) is 19.3 Å². The predicted octanol–water partition coefficient (Wildman–Crippen LogP) is 4.98. The van der Waals surface area contributed by atoms with Gasteiger partial charge in [0.2, 0.25) is 5.95 Å². The van der Waals surface area contributed by atoms with Crippen LogP contribution in [0, 0.1) is 0 Å². The maximum absolute atomic E-state index is 12.6. The largest absolute Gasteiger partial charge is 0.416 e. The fourth-order valence-electron chi connectivity index (χ4n) is 2.83. The lowest BCUT2D eigenvalue weighted by molar-refractivity contribution is -0.137. The monoisotopic (exact) mass is 336 g/mol. The molecule has 1 aromatic heterocycles. The third-order valence-electron chi connectivity index (χ3n) is 4.08. The van der Waals surface area contributed by atoms with Crippen LogP contribution in [0.4, 0.5) is 30.6 Å². The van der Waals surface area contributed by atoms with E-state index in [-0.39, 0.29) is 0 Å². The smallest absolute Gasteiger partial charge is 0.367 e. The van der Waals surface area contributed by atoms with Crippen molar-refractivity contribution >= 4 is 17.5 Å². The van der Waals surface area contributed by atoms with Crippen molar-refractivity contribution in [3.63, 3.8) is 0 Å². The Kier molecular flexibility index (Phi) is 4.87. The lowest BCUT2D eigenvalue weighted by Gasteiger charge is -2.23. The minimum Gasteiger partial charge on any atom is -0.367 e. The number of alkyl halides is 3. The summed E-state index contributed by atoms with van der Waals surface area (Å²) in [4.78, 5) is 8.49. The molecule has 7 heteroatoms. The van der Waals surface area contributed by atoms with E-state index in [1.807, 2.05) is 0 Å². The molecule has 1 heterocycles. The molecule has 1 saturated carbocycles. The quantitative estimate of drug-likeness (QED) is 0.826. The Bertz CT molecular complexity index is 664. The molecule has 1 fully saturated rings. The summed E-state index contributed by atoms with van der Waals surface area (Å²) in [7, 11) is 0. The fourth-order valence-corrected chi connectivity index (χ4v) is 2.83. The Balaban J connectivity index is 1.65. The van der Waals surface area contributed by atoms with Crippen LogP contribution < -0.4 is 10.6 Å². The van der Waals surface area contributed by atoms with Crippen molar-refractivity contribution in [2.75, 3.05) is 10.6 Å². The zero-order chi connectivity index (χ0) is 17.0. The fraction of sp³-hybridized carbons (Fsp3) is 0.412. The highest BCUT2D eigenvalue weighted by molar-refractivity contribution is 5.55. The van der Waals surface area contributed by atoms with Gasteiger partial charge >= 0.3 is 6.18 Å². The summed E-state index contributed by atoms with van der Waals surface area (Å²) in [6, 6.07) is 7.03. The molecule has 0 aliphatic heterocycles. The van der Waals surface area contributed by atoms with Gasteiger partial charge in [0.15, 0.2) is 0 Å². The lowest BCUT2D eigenvalue weighted by Crippen LogP contribution is -2.22. The molecule has 4 nitrogen and oxygen atoms in total. The highest BCUT2D eigenvalue weighted by Crippen LogP contribution is 2.30. The average molecular weight is 336 g/mol. The number of hydrogen-bond acceptors (Lipinski definition) is 4. The van der Waals surface area contributed by atoms with Crippen LogP contribution in [0.1, 0.15) is 37.7 Å². The zero-order valence-electron chi connectivity index (χ0n) is 13.1. The van der Waals surface area contributed by atoms with E-state index in [1.165, 1.54) is 31.4 Å². The van der Waals surface area contributed by atoms with Crippen molar-refractivity contribution in [3.05, 3.63) is 42.1 Å². The molecule has 0 amide bonds. The third kappa shape index (κ3) is 4.37. The van der Waals surface area contributed by atoms with Crippen LogP contribution in [-0.4, -0.2) is 16.0 Å². The maximum atomic E-state index is 12.6. The van der Waals surface area contributed by atoms with Gasteiger partial charge in [-0.05, 0) is 43.2 Å². The molecule has 1 aliphatic rings. The number of anilines is 3. The molecule has 0 saturated heterocycles. The number of halogens is 3. The molecule has 2 aromatic rings. The van der Waals surface area contributed by atoms with Crippen molar-refractivity contribution < 1.29 is 13.2 Å². The van der Waals surface area contributed by atoms with Gasteiger partial charge < -0.3 is 10.6 Å². The van der Waals surface area contributed by atoms with E-state index < -0.39 is 11.7 Å². The van der Waals surface area contributed by atoms with Crippen molar-refractivity contribution in [2.24, 2.45) is 0 Å². The standard InChI is InChI=1S/C17H19F3N4/c18-17(19,20)12-6-8-14(9-7-12)23-16-21-11-10-15(24-16)22-13-4-2-1-3-5-13/h6-11,13H,1-5H2,(H2,21,22,23,24). The Morgan fingerprint density at radius 2 is 1.67 bits per heavy atom. The molecule has 1 aliphatic carbocycles. The van der Waals surface area contributed by atoms with Crippen LogP contribution in [0.25, 0.3) is 0 Å². The first-order valence-corrected chi connectivity index (χ1v) is 8.04. The Hall–Kier alpha value is -2.31. The SMILES string of the molecule is FC(F)(F)c1ccc(Nc2nccc(NC3CCCCC3)n2)cc1. The average Bonchev–Trinajstić information content (AvgIpc) is 2.56. The van der Waals surface area contributed by atoms with E-state index in [4.69, 9.17) is 0 Å². The van der Waals surface area contributed by atoms with Gasteiger partial charge in [0, 0.05) is 17.9 Å². The summed E-state index contributed by atoms with van der Waals surface area (Å²) in [5.74, 6) is 1.09. The Morgan fingerprint density at radius 3 is 2.33 bits per heavy atom. The van der Waals surface area contributed by atoms with E-state index in [0.29, 0.717) is 17.7 Å². The molecular formula is C17H19F3N4. The summed E-state index contributed by atoms with van der Waals surface area (Å²) in [6.07, 6.45) is 3.28. The molecule has 0 atom stereocenters. The second kappa shape index (κ2) is 7.07. The predicted molar refractivity (Wildman–Crippen MR) is 87.3 cm³/mol. The summed E-state index contributed by atoms with van der Waals surface area (Å²) in [5, 5.41) is 6.33. The number of hydrogen-bond donors (Lipinski definition) is 2. The minimum absolute atomic E-state index is 0.357. The number of rotatable bonds is 4. The van der Waals surface area contributed by atoms with Gasteiger partial charge in [0.25, 0.3) is 0 Å². The van der Waals surface area contributed by atoms with Crippen molar-refractivity contribution in [3.8, 4) is 0 Å². The summed E-state index contributed by atoms with van der Waals surface area (Å²) in [6.45, 7) is 0. The molecule has 128 valence electrons. The molecule has 0 spiro atoms. The minimum atomic E-state index is -4.33. The first-order chi connectivity index (χ1) is 11.5. The van der Waals surface area contributed by atoms with Gasteiger partial charge in [0.1, 0.15) is 5.82 Å². The van der Waals surface area contributed by atoms with Gasteiger partial charge in [-0.2, -0.15) is 18.2 Å². The van der Waals surface area contributed by atoms with Gasteiger partial charge in [0.05, 0.1) is 5.56 Å². The topological polar surface area (TPSA) is 49.8 Å².